The Hall–Kier alpha value is -2.53. The predicted octanol–water partition coefficient (Wildman–Crippen LogP) is 4.15. The van der Waals surface area contributed by atoms with Gasteiger partial charge in [-0.1, -0.05) is 41.4 Å². The summed E-state index contributed by atoms with van der Waals surface area (Å²) in [7, 11) is 0. The zero-order valence-electron chi connectivity index (χ0n) is 15.9. The topological polar surface area (TPSA) is 55.8 Å². The van der Waals surface area contributed by atoms with Crippen LogP contribution in [-0.2, 0) is 20.9 Å². The lowest BCUT2D eigenvalue weighted by Gasteiger charge is -2.24. The number of carbonyl (C=O) groups excluding carboxylic acids is 2. The first-order valence-corrected chi connectivity index (χ1v) is 9.78. The molecule has 0 aromatic heterocycles. The highest BCUT2D eigenvalue weighted by molar-refractivity contribution is 6.30. The molecule has 0 N–H and O–H groups in total. The van der Waals surface area contributed by atoms with Crippen molar-refractivity contribution in [1.29, 1.82) is 0 Å². The number of carbonyl (C=O) groups is 2. The van der Waals surface area contributed by atoms with Crippen molar-refractivity contribution >= 4 is 23.5 Å². The molecule has 6 heteroatoms. The van der Waals surface area contributed by atoms with Crippen LogP contribution in [0.5, 0.6) is 5.75 Å². The fourth-order valence-electron chi connectivity index (χ4n) is 3.21. The molecular formula is C22H24ClNO4. The molecule has 0 spiro atoms. The van der Waals surface area contributed by atoms with Crippen LogP contribution in [0.15, 0.2) is 48.5 Å². The van der Waals surface area contributed by atoms with Crippen LogP contribution in [0.3, 0.4) is 0 Å². The zero-order valence-corrected chi connectivity index (χ0v) is 16.7. The van der Waals surface area contributed by atoms with Crippen LogP contribution in [0, 0.1) is 6.92 Å². The van der Waals surface area contributed by atoms with Gasteiger partial charge in [-0.15, -0.1) is 0 Å². The number of benzene rings is 2. The van der Waals surface area contributed by atoms with Gasteiger partial charge in [0.2, 0.25) is 5.91 Å². The van der Waals surface area contributed by atoms with Gasteiger partial charge in [-0.3, -0.25) is 9.59 Å². The van der Waals surface area contributed by atoms with Crippen LogP contribution in [0.2, 0.25) is 5.02 Å². The Morgan fingerprint density at radius 2 is 1.82 bits per heavy atom. The van der Waals surface area contributed by atoms with Gasteiger partial charge in [0.25, 0.3) is 0 Å². The van der Waals surface area contributed by atoms with Gasteiger partial charge in [0.1, 0.15) is 19.0 Å². The molecule has 0 saturated carbocycles. The number of ether oxygens (including phenoxy) is 2. The third-order valence-corrected chi connectivity index (χ3v) is 5.01. The van der Waals surface area contributed by atoms with E-state index in [1.54, 1.807) is 29.2 Å². The van der Waals surface area contributed by atoms with E-state index in [4.69, 9.17) is 21.1 Å². The standard InChI is InChI=1S/C22H24ClNO4/c1-16-2-4-17(5-3-16)15-24-19(8-11-21(24)25)14-22(26)28-13-12-27-20-9-6-18(23)7-10-20/h2-7,9-10,19H,8,11-15H2,1H3. The summed E-state index contributed by atoms with van der Waals surface area (Å²) in [6.45, 7) is 2.99. The highest BCUT2D eigenvalue weighted by Gasteiger charge is 2.32. The van der Waals surface area contributed by atoms with Gasteiger partial charge in [0, 0.05) is 24.0 Å². The first kappa shape index (κ1) is 20.2. The normalized spacial score (nSPS) is 16.3. The molecule has 148 valence electrons. The maximum Gasteiger partial charge on any atom is 0.307 e. The van der Waals surface area contributed by atoms with Gasteiger partial charge in [-0.2, -0.15) is 0 Å². The molecule has 28 heavy (non-hydrogen) atoms. The summed E-state index contributed by atoms with van der Waals surface area (Å²) in [5, 5.41) is 0.639. The van der Waals surface area contributed by atoms with Crippen molar-refractivity contribution in [1.82, 2.24) is 4.90 Å². The second kappa shape index (κ2) is 9.60. The monoisotopic (exact) mass is 401 g/mol. The van der Waals surface area contributed by atoms with Crippen LogP contribution < -0.4 is 4.74 Å². The van der Waals surface area contributed by atoms with Crippen molar-refractivity contribution < 1.29 is 19.1 Å². The van der Waals surface area contributed by atoms with Crippen molar-refractivity contribution in [3.63, 3.8) is 0 Å². The van der Waals surface area contributed by atoms with Crippen molar-refractivity contribution in [2.24, 2.45) is 0 Å². The first-order valence-electron chi connectivity index (χ1n) is 9.40. The number of likely N-dealkylation sites (tertiary alicyclic amines) is 1. The lowest BCUT2D eigenvalue weighted by Crippen LogP contribution is -2.34. The van der Waals surface area contributed by atoms with E-state index in [9.17, 15) is 9.59 Å². The second-order valence-corrected chi connectivity index (χ2v) is 7.36. The molecule has 0 bridgehead atoms. The number of amides is 1. The van der Waals surface area contributed by atoms with Crippen LogP contribution in [0.4, 0.5) is 0 Å². The Labute approximate surface area is 170 Å². The number of nitrogens with zero attached hydrogens (tertiary/aromatic N) is 1. The molecule has 5 nitrogen and oxygen atoms in total. The molecule has 0 radical (unpaired) electrons. The van der Waals surface area contributed by atoms with Gasteiger partial charge in [-0.05, 0) is 43.2 Å². The van der Waals surface area contributed by atoms with Crippen molar-refractivity contribution in [2.45, 2.75) is 38.8 Å². The SMILES string of the molecule is Cc1ccc(CN2C(=O)CCC2CC(=O)OCCOc2ccc(Cl)cc2)cc1. The summed E-state index contributed by atoms with van der Waals surface area (Å²) in [6.07, 6.45) is 1.36. The van der Waals surface area contributed by atoms with Crippen LogP contribution in [-0.4, -0.2) is 36.0 Å². The molecule has 0 aliphatic carbocycles. The Morgan fingerprint density at radius 3 is 2.54 bits per heavy atom. The molecule has 1 saturated heterocycles. The van der Waals surface area contributed by atoms with E-state index < -0.39 is 0 Å². The Balaban J connectivity index is 1.43. The second-order valence-electron chi connectivity index (χ2n) is 6.93. The van der Waals surface area contributed by atoms with Crippen molar-refractivity contribution in [3.8, 4) is 5.75 Å². The van der Waals surface area contributed by atoms with E-state index >= 15 is 0 Å². The Kier molecular flexibility index (Phi) is 6.93. The molecule has 1 unspecified atom stereocenters. The van der Waals surface area contributed by atoms with E-state index in [1.807, 2.05) is 31.2 Å². The van der Waals surface area contributed by atoms with Crippen molar-refractivity contribution in [3.05, 3.63) is 64.7 Å². The van der Waals surface area contributed by atoms with E-state index in [1.165, 1.54) is 5.56 Å². The quantitative estimate of drug-likeness (QED) is 0.492. The van der Waals surface area contributed by atoms with Gasteiger partial charge < -0.3 is 14.4 Å². The summed E-state index contributed by atoms with van der Waals surface area (Å²) in [4.78, 5) is 26.2. The summed E-state index contributed by atoms with van der Waals surface area (Å²) < 4.78 is 10.8. The van der Waals surface area contributed by atoms with Gasteiger partial charge >= 0.3 is 5.97 Å². The van der Waals surface area contributed by atoms with Gasteiger partial charge in [0.15, 0.2) is 0 Å². The largest absolute Gasteiger partial charge is 0.490 e. The molecular weight excluding hydrogens is 378 g/mol. The molecule has 1 aliphatic rings. The lowest BCUT2D eigenvalue weighted by molar-refractivity contribution is -0.146. The summed E-state index contributed by atoms with van der Waals surface area (Å²) in [5.41, 5.74) is 2.24. The summed E-state index contributed by atoms with van der Waals surface area (Å²) in [6, 6.07) is 15.0. The highest BCUT2D eigenvalue weighted by atomic mass is 35.5. The molecule has 1 fully saturated rings. The number of hydrogen-bond acceptors (Lipinski definition) is 4. The van der Waals surface area contributed by atoms with Gasteiger partial charge in [-0.25, -0.2) is 0 Å². The zero-order chi connectivity index (χ0) is 19.9. The molecule has 2 aromatic carbocycles. The number of aryl methyl sites for hydroxylation is 1. The lowest BCUT2D eigenvalue weighted by atomic mass is 10.1. The first-order chi connectivity index (χ1) is 13.5. The summed E-state index contributed by atoms with van der Waals surface area (Å²) in [5.74, 6) is 0.448. The predicted molar refractivity (Wildman–Crippen MR) is 107 cm³/mol. The van der Waals surface area contributed by atoms with E-state index in [2.05, 4.69) is 0 Å². The third kappa shape index (κ3) is 5.73. The third-order valence-electron chi connectivity index (χ3n) is 4.76. The van der Waals surface area contributed by atoms with E-state index in [-0.39, 0.29) is 37.6 Å². The van der Waals surface area contributed by atoms with Crippen LogP contribution >= 0.6 is 11.6 Å². The Bertz CT molecular complexity index is 804. The van der Waals surface area contributed by atoms with Crippen LogP contribution in [0.1, 0.15) is 30.4 Å². The maximum absolute atomic E-state index is 12.2. The number of esters is 1. The minimum Gasteiger partial charge on any atom is -0.490 e. The fraction of sp³-hybridized carbons (Fsp3) is 0.364. The molecule has 2 aromatic rings. The average molecular weight is 402 g/mol. The molecule has 1 atom stereocenters. The number of rotatable bonds is 8. The maximum atomic E-state index is 12.2. The summed E-state index contributed by atoms with van der Waals surface area (Å²) >= 11 is 5.82. The fourth-order valence-corrected chi connectivity index (χ4v) is 3.34. The van der Waals surface area contributed by atoms with Crippen LogP contribution in [0.25, 0.3) is 0 Å². The molecule has 1 aliphatic heterocycles. The average Bonchev–Trinajstić information content (AvgIpc) is 3.02. The minimum absolute atomic E-state index is 0.0875. The van der Waals surface area contributed by atoms with Crippen molar-refractivity contribution in [2.75, 3.05) is 13.2 Å². The molecule has 1 amide bonds. The van der Waals surface area contributed by atoms with E-state index in [0.29, 0.717) is 30.2 Å². The Morgan fingerprint density at radius 1 is 1.11 bits per heavy atom. The highest BCUT2D eigenvalue weighted by Crippen LogP contribution is 2.24. The number of hydrogen-bond donors (Lipinski definition) is 0. The molecule has 1 heterocycles. The number of halogens is 1. The minimum atomic E-state index is -0.312. The molecule has 3 rings (SSSR count). The smallest absolute Gasteiger partial charge is 0.307 e. The van der Waals surface area contributed by atoms with E-state index in [0.717, 1.165) is 5.56 Å². The van der Waals surface area contributed by atoms with Gasteiger partial charge in [0.05, 0.1) is 6.42 Å².